The second-order valence-corrected chi connectivity index (χ2v) is 8.61. The van der Waals surface area contributed by atoms with Crippen molar-refractivity contribution >= 4 is 29.6 Å². The number of halogens is 2. The summed E-state index contributed by atoms with van der Waals surface area (Å²) in [5.41, 5.74) is -0.508. The molecule has 2 aromatic rings. The highest BCUT2D eigenvalue weighted by Gasteiger charge is 2.52. The van der Waals surface area contributed by atoms with Crippen molar-refractivity contribution in [1.29, 1.82) is 0 Å². The third kappa shape index (κ3) is 3.67. The van der Waals surface area contributed by atoms with Crippen LogP contribution in [0.5, 0.6) is 0 Å². The normalized spacial score (nSPS) is 23.4. The van der Waals surface area contributed by atoms with Gasteiger partial charge in [0.2, 0.25) is 5.91 Å². The lowest BCUT2D eigenvalue weighted by Crippen LogP contribution is -2.45. The van der Waals surface area contributed by atoms with E-state index >= 15 is 0 Å². The van der Waals surface area contributed by atoms with E-state index in [2.05, 4.69) is 5.32 Å². The zero-order chi connectivity index (χ0) is 22.2. The number of nitrogens with one attached hydrogen (secondary N) is 1. The number of amides is 4. The molecule has 2 fully saturated rings. The van der Waals surface area contributed by atoms with Gasteiger partial charge in [-0.25, -0.2) is 13.6 Å². The van der Waals surface area contributed by atoms with Crippen LogP contribution < -0.4 is 5.32 Å². The summed E-state index contributed by atoms with van der Waals surface area (Å²) in [6.45, 7) is 1.68. The molecule has 0 saturated carbocycles. The van der Waals surface area contributed by atoms with Crippen LogP contribution >= 0.6 is 11.8 Å². The maximum absolute atomic E-state index is 14.3. The Labute approximate surface area is 182 Å². The number of carbonyl (C=O) groups excluding carboxylic acids is 3. The molecular weight excluding hydrogens is 424 g/mol. The van der Waals surface area contributed by atoms with Crippen molar-refractivity contribution in [2.75, 3.05) is 18.8 Å². The molecule has 162 valence electrons. The highest BCUT2D eigenvalue weighted by molar-refractivity contribution is 7.99. The lowest BCUT2D eigenvalue weighted by Gasteiger charge is -2.27. The number of rotatable bonds is 5. The Bertz CT molecular complexity index is 1030. The fraction of sp³-hybridized carbons (Fsp3) is 0.318. The Balaban J connectivity index is 1.55. The minimum atomic E-state index is -1.35. The third-order valence-corrected chi connectivity index (χ3v) is 6.96. The molecule has 1 N–H and O–H groups in total. The van der Waals surface area contributed by atoms with E-state index in [1.807, 2.05) is 0 Å². The van der Waals surface area contributed by atoms with Crippen molar-refractivity contribution in [3.05, 3.63) is 71.3 Å². The van der Waals surface area contributed by atoms with Gasteiger partial charge in [-0.15, -0.1) is 11.8 Å². The maximum Gasteiger partial charge on any atom is 0.325 e. The first-order valence-electron chi connectivity index (χ1n) is 9.93. The van der Waals surface area contributed by atoms with Gasteiger partial charge < -0.3 is 10.2 Å². The van der Waals surface area contributed by atoms with Crippen molar-refractivity contribution in [3.63, 3.8) is 0 Å². The number of hydrogen-bond donors (Lipinski definition) is 1. The summed E-state index contributed by atoms with van der Waals surface area (Å²) in [7, 11) is 0. The zero-order valence-electron chi connectivity index (χ0n) is 16.8. The number of hydrogen-bond acceptors (Lipinski definition) is 4. The van der Waals surface area contributed by atoms with E-state index in [9.17, 15) is 23.2 Å². The molecule has 0 aliphatic carbocycles. The molecule has 31 heavy (non-hydrogen) atoms. The summed E-state index contributed by atoms with van der Waals surface area (Å²) in [6, 6.07) is 10.9. The molecule has 2 aliphatic rings. The molecular formula is C22H21F2N3O3S. The van der Waals surface area contributed by atoms with Crippen molar-refractivity contribution in [1.82, 2.24) is 15.1 Å². The largest absolute Gasteiger partial charge is 0.325 e. The van der Waals surface area contributed by atoms with Crippen LogP contribution in [0, 0.1) is 11.6 Å². The highest BCUT2D eigenvalue weighted by atomic mass is 32.2. The average molecular weight is 445 g/mol. The van der Waals surface area contributed by atoms with Gasteiger partial charge in [0, 0.05) is 17.9 Å². The van der Waals surface area contributed by atoms with Crippen LogP contribution in [0.25, 0.3) is 0 Å². The first-order valence-corrected chi connectivity index (χ1v) is 11.0. The van der Waals surface area contributed by atoms with E-state index in [0.717, 1.165) is 4.90 Å². The molecule has 0 bridgehead atoms. The van der Waals surface area contributed by atoms with E-state index in [1.165, 1.54) is 47.0 Å². The molecule has 4 amide bonds. The van der Waals surface area contributed by atoms with E-state index in [1.54, 1.807) is 25.1 Å². The van der Waals surface area contributed by atoms with Crippen LogP contribution in [0.1, 0.15) is 29.8 Å². The fourth-order valence-electron chi connectivity index (χ4n) is 4.03. The monoisotopic (exact) mass is 445 g/mol. The predicted octanol–water partition coefficient (Wildman–Crippen LogP) is 3.40. The second-order valence-electron chi connectivity index (χ2n) is 7.42. The number of benzene rings is 2. The highest BCUT2D eigenvalue weighted by Crippen LogP contribution is 2.39. The van der Waals surface area contributed by atoms with Crippen molar-refractivity contribution in [2.45, 2.75) is 24.3 Å². The number of thioether (sulfide) groups is 1. The molecule has 4 rings (SSSR count). The summed E-state index contributed by atoms with van der Waals surface area (Å²) in [4.78, 5) is 41.3. The van der Waals surface area contributed by atoms with Crippen LogP contribution in [-0.2, 0) is 15.1 Å². The smallest absolute Gasteiger partial charge is 0.324 e. The average Bonchev–Trinajstić information content (AvgIpc) is 3.34. The molecule has 9 heteroatoms. The summed E-state index contributed by atoms with van der Waals surface area (Å²) in [5.74, 6) is -1.23. The fourth-order valence-corrected chi connectivity index (χ4v) is 5.33. The minimum absolute atomic E-state index is 0.241. The van der Waals surface area contributed by atoms with E-state index in [-0.39, 0.29) is 6.42 Å². The van der Waals surface area contributed by atoms with Gasteiger partial charge in [0.15, 0.2) is 0 Å². The number of urea groups is 1. The van der Waals surface area contributed by atoms with E-state index in [0.29, 0.717) is 23.4 Å². The van der Waals surface area contributed by atoms with Crippen LogP contribution in [0.15, 0.2) is 48.5 Å². The first kappa shape index (κ1) is 21.3. The van der Waals surface area contributed by atoms with Gasteiger partial charge in [-0.3, -0.25) is 14.5 Å². The first-order chi connectivity index (χ1) is 14.9. The lowest BCUT2D eigenvalue weighted by atomic mass is 9.87. The second kappa shape index (κ2) is 8.30. The van der Waals surface area contributed by atoms with Crippen LogP contribution in [0.4, 0.5) is 13.6 Å². The summed E-state index contributed by atoms with van der Waals surface area (Å²) >= 11 is 1.43. The van der Waals surface area contributed by atoms with Crippen molar-refractivity contribution in [2.24, 2.45) is 0 Å². The number of imide groups is 1. The molecule has 0 spiro atoms. The minimum Gasteiger partial charge on any atom is -0.324 e. The lowest BCUT2D eigenvalue weighted by molar-refractivity contribution is -0.139. The zero-order valence-corrected chi connectivity index (χ0v) is 17.6. The van der Waals surface area contributed by atoms with Gasteiger partial charge in [-0.2, -0.15) is 0 Å². The third-order valence-electron chi connectivity index (χ3n) is 5.72. The summed E-state index contributed by atoms with van der Waals surface area (Å²) < 4.78 is 27.6. The Kier molecular flexibility index (Phi) is 5.70. The number of carbonyl (C=O) groups is 3. The molecule has 2 heterocycles. The molecule has 2 saturated heterocycles. The van der Waals surface area contributed by atoms with Crippen LogP contribution in [0.2, 0.25) is 0 Å². The topological polar surface area (TPSA) is 69.7 Å². The summed E-state index contributed by atoms with van der Waals surface area (Å²) in [5, 5.41) is 2.17. The molecule has 0 aromatic heterocycles. The van der Waals surface area contributed by atoms with E-state index in [4.69, 9.17) is 0 Å². The predicted molar refractivity (Wildman–Crippen MR) is 112 cm³/mol. The van der Waals surface area contributed by atoms with Crippen LogP contribution in [0.3, 0.4) is 0 Å². The van der Waals surface area contributed by atoms with Gasteiger partial charge in [0.1, 0.15) is 29.1 Å². The van der Waals surface area contributed by atoms with Crippen LogP contribution in [-0.4, -0.2) is 46.5 Å². The maximum atomic E-state index is 14.3. The molecule has 6 nitrogen and oxygen atoms in total. The van der Waals surface area contributed by atoms with Crippen molar-refractivity contribution < 1.29 is 23.2 Å². The Morgan fingerprint density at radius 3 is 2.55 bits per heavy atom. The molecule has 0 unspecified atom stereocenters. The molecule has 2 atom stereocenters. The van der Waals surface area contributed by atoms with Gasteiger partial charge in [0.25, 0.3) is 5.91 Å². The van der Waals surface area contributed by atoms with Gasteiger partial charge in [-0.1, -0.05) is 37.3 Å². The Hall–Kier alpha value is -2.94. The molecule has 2 aromatic carbocycles. The Morgan fingerprint density at radius 2 is 1.87 bits per heavy atom. The van der Waals surface area contributed by atoms with Gasteiger partial charge in [0.05, 0.1) is 0 Å². The molecule has 0 radical (unpaired) electrons. The standard InChI is InChI=1S/C22H21F2N3O3S/c1-2-22(14-7-9-15(23)10-8-14)20(29)27(21(30)25-22)13-18(28)26-11-12-31-19(26)16-5-3-4-6-17(16)24/h3-10,19H,2,11-13H2,1H3,(H,25,30)/t19-,22-/m0/s1. The Morgan fingerprint density at radius 1 is 1.16 bits per heavy atom. The summed E-state index contributed by atoms with van der Waals surface area (Å²) in [6.07, 6.45) is 0.241. The molecule has 2 aliphatic heterocycles. The van der Waals surface area contributed by atoms with E-state index < -0.39 is 46.9 Å². The number of nitrogens with zero attached hydrogens (tertiary/aromatic N) is 2. The van der Waals surface area contributed by atoms with Gasteiger partial charge >= 0.3 is 6.03 Å². The van der Waals surface area contributed by atoms with Crippen molar-refractivity contribution in [3.8, 4) is 0 Å². The SMILES string of the molecule is CC[C@@]1(c2ccc(F)cc2)NC(=O)N(CC(=O)N2CCS[C@H]2c2ccccc2F)C1=O. The quantitative estimate of drug-likeness (QED) is 0.717. The van der Waals surface area contributed by atoms with Gasteiger partial charge in [-0.05, 0) is 30.2 Å².